The number of carbonyl (C=O) groups is 1. The smallest absolute Gasteiger partial charge is 0.271 e. The number of benzene rings is 2. The molecule has 0 aromatic heterocycles. The molecule has 0 spiro atoms. The van der Waals surface area contributed by atoms with Gasteiger partial charge in [-0.25, -0.2) is 5.43 Å². The van der Waals surface area contributed by atoms with Crippen molar-refractivity contribution in [2.75, 3.05) is 35.5 Å². The van der Waals surface area contributed by atoms with E-state index >= 15 is 0 Å². The maximum Gasteiger partial charge on any atom is 0.271 e. The molecular weight excluding hydrogens is 352 g/mol. The molecule has 0 saturated heterocycles. The van der Waals surface area contributed by atoms with Crippen LogP contribution in [0.3, 0.4) is 0 Å². The summed E-state index contributed by atoms with van der Waals surface area (Å²) in [4.78, 5) is 12.4. The molecule has 2 aromatic carbocycles. The fourth-order valence-electron chi connectivity index (χ4n) is 2.35. The Labute approximate surface area is 157 Å². The average Bonchev–Trinajstić information content (AvgIpc) is 2.71. The summed E-state index contributed by atoms with van der Waals surface area (Å²) in [6.45, 7) is 0. The first-order valence-electron chi connectivity index (χ1n) is 7.92. The third kappa shape index (κ3) is 4.81. The van der Waals surface area contributed by atoms with Gasteiger partial charge in [-0.15, -0.1) is 0 Å². The standard InChI is InChI=1S/C19H22N2O6/c1-23-14-6-12(7-15(10-14)24-2)11-20-21-19(22)13-8-16(25-3)18(27-5)17(9-13)26-4/h6-11H,1-5H3,(H,21,22)/b20-11-. The highest BCUT2D eigenvalue weighted by Crippen LogP contribution is 2.38. The second kappa shape index (κ2) is 9.33. The minimum atomic E-state index is -0.430. The number of ether oxygens (including phenoxy) is 5. The van der Waals surface area contributed by atoms with E-state index in [0.29, 0.717) is 39.9 Å². The predicted octanol–water partition coefficient (Wildman–Crippen LogP) is 2.49. The highest BCUT2D eigenvalue weighted by Gasteiger charge is 2.16. The number of methoxy groups -OCH3 is 5. The summed E-state index contributed by atoms with van der Waals surface area (Å²) in [5, 5.41) is 3.97. The number of nitrogens with one attached hydrogen (secondary N) is 1. The minimum Gasteiger partial charge on any atom is -0.497 e. The number of hydrazone groups is 1. The molecule has 0 aliphatic rings. The number of carbonyl (C=O) groups excluding carboxylic acids is 1. The second-order valence-corrected chi connectivity index (χ2v) is 5.26. The van der Waals surface area contributed by atoms with Crippen molar-refractivity contribution in [2.45, 2.75) is 0 Å². The zero-order valence-corrected chi connectivity index (χ0v) is 15.9. The summed E-state index contributed by atoms with van der Waals surface area (Å²) in [6.07, 6.45) is 1.49. The number of rotatable bonds is 8. The molecule has 2 aromatic rings. The van der Waals surface area contributed by atoms with Crippen LogP contribution in [0.4, 0.5) is 0 Å². The molecule has 1 N–H and O–H groups in total. The van der Waals surface area contributed by atoms with Gasteiger partial charge in [0.2, 0.25) is 5.75 Å². The molecule has 0 atom stereocenters. The molecule has 0 unspecified atom stereocenters. The normalized spacial score (nSPS) is 10.4. The lowest BCUT2D eigenvalue weighted by Gasteiger charge is -2.13. The van der Waals surface area contributed by atoms with Gasteiger partial charge in [0.05, 0.1) is 41.8 Å². The Balaban J connectivity index is 2.19. The van der Waals surface area contributed by atoms with E-state index in [1.165, 1.54) is 27.5 Å². The van der Waals surface area contributed by atoms with Crippen LogP contribution in [0.1, 0.15) is 15.9 Å². The van der Waals surface area contributed by atoms with Crippen molar-refractivity contribution in [3.8, 4) is 28.7 Å². The van der Waals surface area contributed by atoms with E-state index < -0.39 is 5.91 Å². The maximum absolute atomic E-state index is 12.4. The highest BCUT2D eigenvalue weighted by atomic mass is 16.5. The Hall–Kier alpha value is -3.42. The molecule has 144 valence electrons. The molecule has 1 amide bonds. The van der Waals surface area contributed by atoms with Crippen molar-refractivity contribution in [3.63, 3.8) is 0 Å². The first kappa shape index (κ1) is 19.9. The summed E-state index contributed by atoms with van der Waals surface area (Å²) in [7, 11) is 7.57. The zero-order valence-electron chi connectivity index (χ0n) is 15.9. The van der Waals surface area contributed by atoms with Gasteiger partial charge >= 0.3 is 0 Å². The van der Waals surface area contributed by atoms with E-state index in [2.05, 4.69) is 10.5 Å². The summed E-state index contributed by atoms with van der Waals surface area (Å²) >= 11 is 0. The van der Waals surface area contributed by atoms with Crippen LogP contribution in [-0.2, 0) is 0 Å². The molecule has 27 heavy (non-hydrogen) atoms. The lowest BCUT2D eigenvalue weighted by Crippen LogP contribution is -2.18. The number of hydrogen-bond donors (Lipinski definition) is 1. The highest BCUT2D eigenvalue weighted by molar-refractivity contribution is 5.96. The van der Waals surface area contributed by atoms with Crippen molar-refractivity contribution in [1.29, 1.82) is 0 Å². The monoisotopic (exact) mass is 374 g/mol. The maximum atomic E-state index is 12.4. The Morgan fingerprint density at radius 1 is 0.815 bits per heavy atom. The Bertz CT molecular complexity index is 788. The van der Waals surface area contributed by atoms with Gasteiger partial charge < -0.3 is 23.7 Å². The van der Waals surface area contributed by atoms with Crippen molar-refractivity contribution < 1.29 is 28.5 Å². The van der Waals surface area contributed by atoms with Gasteiger partial charge in [-0.3, -0.25) is 4.79 Å². The molecule has 0 bridgehead atoms. The third-order valence-corrected chi connectivity index (χ3v) is 3.68. The summed E-state index contributed by atoms with van der Waals surface area (Å²) in [6, 6.07) is 8.35. The molecule has 8 heteroatoms. The van der Waals surface area contributed by atoms with Crippen LogP contribution < -0.4 is 29.1 Å². The van der Waals surface area contributed by atoms with Crippen molar-refractivity contribution in [1.82, 2.24) is 5.43 Å². The number of nitrogens with zero attached hydrogens (tertiary/aromatic N) is 1. The molecule has 0 aliphatic carbocycles. The molecule has 2 rings (SSSR count). The predicted molar refractivity (Wildman–Crippen MR) is 101 cm³/mol. The van der Waals surface area contributed by atoms with Crippen LogP contribution in [-0.4, -0.2) is 47.7 Å². The third-order valence-electron chi connectivity index (χ3n) is 3.68. The van der Waals surface area contributed by atoms with Crippen LogP contribution in [0.25, 0.3) is 0 Å². The van der Waals surface area contributed by atoms with E-state index in [-0.39, 0.29) is 0 Å². The molecule has 0 radical (unpaired) electrons. The summed E-state index contributed by atoms with van der Waals surface area (Å²) < 4.78 is 26.1. The van der Waals surface area contributed by atoms with Gasteiger partial charge in [0.15, 0.2) is 11.5 Å². The van der Waals surface area contributed by atoms with Crippen LogP contribution in [0.5, 0.6) is 28.7 Å². The van der Waals surface area contributed by atoms with Gasteiger partial charge in [0.25, 0.3) is 5.91 Å². The minimum absolute atomic E-state index is 0.310. The van der Waals surface area contributed by atoms with Gasteiger partial charge in [-0.2, -0.15) is 5.10 Å². The van der Waals surface area contributed by atoms with E-state index in [1.54, 1.807) is 44.6 Å². The topological polar surface area (TPSA) is 87.6 Å². The lowest BCUT2D eigenvalue weighted by atomic mass is 10.1. The molecule has 0 fully saturated rings. The number of hydrogen-bond acceptors (Lipinski definition) is 7. The van der Waals surface area contributed by atoms with Gasteiger partial charge in [-0.1, -0.05) is 0 Å². The largest absolute Gasteiger partial charge is 0.497 e. The Kier molecular flexibility index (Phi) is 6.87. The van der Waals surface area contributed by atoms with Crippen LogP contribution in [0.15, 0.2) is 35.4 Å². The van der Waals surface area contributed by atoms with Crippen LogP contribution in [0, 0.1) is 0 Å². The quantitative estimate of drug-likeness (QED) is 0.564. The Morgan fingerprint density at radius 3 is 1.81 bits per heavy atom. The zero-order chi connectivity index (χ0) is 19.8. The van der Waals surface area contributed by atoms with Gasteiger partial charge in [-0.05, 0) is 24.3 Å². The number of amides is 1. The Morgan fingerprint density at radius 2 is 1.37 bits per heavy atom. The molecule has 0 heterocycles. The fourth-order valence-corrected chi connectivity index (χ4v) is 2.35. The van der Waals surface area contributed by atoms with Crippen LogP contribution in [0.2, 0.25) is 0 Å². The van der Waals surface area contributed by atoms with Crippen molar-refractivity contribution >= 4 is 12.1 Å². The fraction of sp³-hybridized carbons (Fsp3) is 0.263. The molecule has 0 saturated carbocycles. The van der Waals surface area contributed by atoms with Gasteiger partial charge in [0.1, 0.15) is 11.5 Å². The van der Waals surface area contributed by atoms with Crippen molar-refractivity contribution in [3.05, 3.63) is 41.5 Å². The molecule has 8 nitrogen and oxygen atoms in total. The van der Waals surface area contributed by atoms with Gasteiger partial charge in [0, 0.05) is 17.2 Å². The van der Waals surface area contributed by atoms with E-state index in [4.69, 9.17) is 23.7 Å². The van der Waals surface area contributed by atoms with Crippen molar-refractivity contribution in [2.24, 2.45) is 5.10 Å². The molecular formula is C19H22N2O6. The molecule has 0 aliphatic heterocycles. The van der Waals surface area contributed by atoms with E-state index in [1.807, 2.05) is 0 Å². The SMILES string of the molecule is COc1cc(/C=N\NC(=O)c2cc(OC)c(OC)c(OC)c2)cc(OC)c1. The van der Waals surface area contributed by atoms with E-state index in [9.17, 15) is 4.79 Å². The van der Waals surface area contributed by atoms with E-state index in [0.717, 1.165) is 0 Å². The average molecular weight is 374 g/mol. The second-order valence-electron chi connectivity index (χ2n) is 5.26. The van der Waals surface area contributed by atoms with Crippen LogP contribution >= 0.6 is 0 Å². The first-order valence-corrected chi connectivity index (χ1v) is 7.92. The summed E-state index contributed by atoms with van der Waals surface area (Å²) in [5.41, 5.74) is 3.47. The summed E-state index contributed by atoms with van der Waals surface area (Å²) in [5.74, 6) is 1.97. The lowest BCUT2D eigenvalue weighted by molar-refractivity contribution is 0.0954. The first-order chi connectivity index (χ1) is 13.1.